The lowest BCUT2D eigenvalue weighted by Crippen LogP contribution is -2.56. The van der Waals surface area contributed by atoms with Crippen LogP contribution in [-0.2, 0) is 22.7 Å². The Balaban J connectivity index is 1.50. The van der Waals surface area contributed by atoms with Crippen molar-refractivity contribution in [2.75, 3.05) is 33.4 Å². The van der Waals surface area contributed by atoms with E-state index in [1.807, 2.05) is 23.1 Å². The molecule has 2 amide bonds. The number of carbonyl (C=O) groups is 2. The zero-order chi connectivity index (χ0) is 22.5. The first-order valence-corrected chi connectivity index (χ1v) is 10.9. The van der Waals surface area contributed by atoms with Crippen LogP contribution < -0.4 is 14.8 Å². The monoisotopic (exact) mass is 441 g/mol. The van der Waals surface area contributed by atoms with Crippen LogP contribution in [0.25, 0.3) is 0 Å². The van der Waals surface area contributed by atoms with Crippen LogP contribution in [0.5, 0.6) is 11.5 Å². The lowest BCUT2D eigenvalue weighted by Gasteiger charge is -2.36. The molecule has 32 heavy (non-hydrogen) atoms. The molecule has 1 fully saturated rings. The van der Waals surface area contributed by atoms with Gasteiger partial charge in [0, 0.05) is 43.9 Å². The van der Waals surface area contributed by atoms with Crippen molar-refractivity contribution >= 4 is 11.8 Å². The summed E-state index contributed by atoms with van der Waals surface area (Å²) in [4.78, 5) is 29.6. The fourth-order valence-corrected chi connectivity index (χ4v) is 4.25. The Hall–Kier alpha value is -3.13. The molecule has 1 atom stereocenters. The number of nitrogens with one attached hydrogen (secondary N) is 1. The number of ether oxygens (including phenoxy) is 2. The number of benzene rings is 2. The summed E-state index contributed by atoms with van der Waals surface area (Å²) in [5, 5.41) is 2.84. The van der Waals surface area contributed by atoms with E-state index in [2.05, 4.69) is 5.32 Å². The Kier molecular flexibility index (Phi) is 6.90. The Morgan fingerprint density at radius 3 is 2.88 bits per heavy atom. The van der Waals surface area contributed by atoms with Crippen LogP contribution >= 0.6 is 0 Å². The largest absolute Gasteiger partial charge is 0.493 e. The molecule has 2 aliphatic heterocycles. The van der Waals surface area contributed by atoms with Crippen molar-refractivity contribution in [1.82, 2.24) is 15.1 Å². The minimum Gasteiger partial charge on any atom is -0.493 e. The molecule has 2 aliphatic rings. The minimum atomic E-state index is -0.637. The second-order valence-corrected chi connectivity index (χ2v) is 8.04. The first kappa shape index (κ1) is 22.1. The summed E-state index contributed by atoms with van der Waals surface area (Å²) in [6.07, 6.45) is 0.722. The SMILES string of the molecule is COc1cccc2c1OCCCN(C(=O)CC1C(=O)NCCN1Cc1ccccc1F)C2. The van der Waals surface area contributed by atoms with Crippen LogP contribution in [0.3, 0.4) is 0 Å². The maximum absolute atomic E-state index is 14.2. The van der Waals surface area contributed by atoms with Crippen molar-refractivity contribution in [2.24, 2.45) is 0 Å². The average molecular weight is 442 g/mol. The van der Waals surface area contributed by atoms with Gasteiger partial charge in [0.05, 0.1) is 26.2 Å². The fourth-order valence-electron chi connectivity index (χ4n) is 4.25. The number of rotatable bonds is 5. The van der Waals surface area contributed by atoms with Gasteiger partial charge in [-0.1, -0.05) is 30.3 Å². The molecule has 0 radical (unpaired) electrons. The smallest absolute Gasteiger partial charge is 0.237 e. The van der Waals surface area contributed by atoms with E-state index in [0.717, 1.165) is 5.56 Å². The summed E-state index contributed by atoms with van der Waals surface area (Å²) in [5.41, 5.74) is 1.39. The van der Waals surface area contributed by atoms with Gasteiger partial charge in [0.2, 0.25) is 11.8 Å². The normalized spacial score (nSPS) is 19.2. The highest BCUT2D eigenvalue weighted by Crippen LogP contribution is 2.33. The number of carbonyl (C=O) groups excluding carboxylic acids is 2. The summed E-state index contributed by atoms with van der Waals surface area (Å²) in [5.74, 6) is 0.682. The highest BCUT2D eigenvalue weighted by Gasteiger charge is 2.33. The second-order valence-electron chi connectivity index (χ2n) is 8.04. The number of para-hydroxylation sites is 1. The standard InChI is InChI=1S/C24H28FN3O4/c1-31-21-9-4-7-18-16-28(11-5-13-32-23(18)21)22(29)14-20-24(30)26-10-12-27(20)15-17-6-2-3-8-19(17)25/h2-4,6-9,20H,5,10-16H2,1H3,(H,26,30). The molecule has 0 aromatic heterocycles. The molecule has 1 unspecified atom stereocenters. The van der Waals surface area contributed by atoms with E-state index in [-0.39, 0.29) is 30.6 Å². The summed E-state index contributed by atoms with van der Waals surface area (Å²) >= 11 is 0. The molecule has 8 heteroatoms. The summed E-state index contributed by atoms with van der Waals surface area (Å²) < 4.78 is 25.5. The zero-order valence-electron chi connectivity index (χ0n) is 18.2. The average Bonchev–Trinajstić information content (AvgIpc) is 2.77. The van der Waals surface area contributed by atoms with Gasteiger partial charge in [-0.2, -0.15) is 0 Å². The zero-order valence-corrected chi connectivity index (χ0v) is 18.2. The maximum Gasteiger partial charge on any atom is 0.237 e. The van der Waals surface area contributed by atoms with E-state index in [4.69, 9.17) is 9.47 Å². The van der Waals surface area contributed by atoms with E-state index in [1.54, 1.807) is 30.2 Å². The van der Waals surface area contributed by atoms with Crippen molar-refractivity contribution < 1.29 is 23.5 Å². The molecule has 1 saturated heterocycles. The minimum absolute atomic E-state index is 0.0421. The van der Waals surface area contributed by atoms with E-state index in [0.29, 0.717) is 56.3 Å². The highest BCUT2D eigenvalue weighted by molar-refractivity contribution is 5.89. The Bertz CT molecular complexity index is 983. The van der Waals surface area contributed by atoms with Crippen LogP contribution in [0, 0.1) is 5.82 Å². The van der Waals surface area contributed by atoms with Gasteiger partial charge >= 0.3 is 0 Å². The molecular formula is C24H28FN3O4. The van der Waals surface area contributed by atoms with Gasteiger partial charge in [0.1, 0.15) is 5.82 Å². The van der Waals surface area contributed by atoms with Gasteiger partial charge in [-0.05, 0) is 18.6 Å². The summed E-state index contributed by atoms with van der Waals surface area (Å²) in [6, 6.07) is 11.5. The summed E-state index contributed by atoms with van der Waals surface area (Å²) in [6.45, 7) is 2.72. The van der Waals surface area contributed by atoms with Crippen molar-refractivity contribution in [3.05, 3.63) is 59.4 Å². The van der Waals surface area contributed by atoms with Crippen LogP contribution in [0.4, 0.5) is 4.39 Å². The third-order valence-electron chi connectivity index (χ3n) is 5.95. The number of amides is 2. The van der Waals surface area contributed by atoms with E-state index >= 15 is 0 Å². The molecule has 1 N–H and O–H groups in total. The van der Waals surface area contributed by atoms with Crippen molar-refractivity contribution in [3.63, 3.8) is 0 Å². The van der Waals surface area contributed by atoms with Gasteiger partial charge in [-0.3, -0.25) is 14.5 Å². The molecule has 2 heterocycles. The number of piperazine rings is 1. The van der Waals surface area contributed by atoms with Crippen LogP contribution in [0.15, 0.2) is 42.5 Å². The van der Waals surface area contributed by atoms with Crippen LogP contribution in [0.2, 0.25) is 0 Å². The van der Waals surface area contributed by atoms with Gasteiger partial charge < -0.3 is 19.7 Å². The van der Waals surface area contributed by atoms with Gasteiger partial charge in [0.25, 0.3) is 0 Å². The number of halogens is 1. The van der Waals surface area contributed by atoms with Gasteiger partial charge in [-0.15, -0.1) is 0 Å². The third kappa shape index (κ3) is 4.85. The molecule has 7 nitrogen and oxygen atoms in total. The number of hydrogen-bond donors (Lipinski definition) is 1. The quantitative estimate of drug-likeness (QED) is 0.771. The molecule has 2 aromatic carbocycles. The Morgan fingerprint density at radius 2 is 2.06 bits per heavy atom. The number of fused-ring (bicyclic) bond motifs is 1. The topological polar surface area (TPSA) is 71.1 Å². The first-order chi connectivity index (χ1) is 15.6. The van der Waals surface area contributed by atoms with E-state index < -0.39 is 6.04 Å². The second kappa shape index (κ2) is 9.99. The Morgan fingerprint density at radius 1 is 1.22 bits per heavy atom. The predicted molar refractivity (Wildman–Crippen MR) is 117 cm³/mol. The van der Waals surface area contributed by atoms with E-state index in [9.17, 15) is 14.0 Å². The number of nitrogens with zero attached hydrogens (tertiary/aromatic N) is 2. The first-order valence-electron chi connectivity index (χ1n) is 10.9. The lowest BCUT2D eigenvalue weighted by atomic mass is 10.0. The third-order valence-corrected chi connectivity index (χ3v) is 5.95. The molecule has 4 rings (SSSR count). The molecule has 0 spiro atoms. The molecule has 0 saturated carbocycles. The fraction of sp³-hybridized carbons (Fsp3) is 0.417. The van der Waals surface area contributed by atoms with Gasteiger partial charge in [0.15, 0.2) is 11.5 Å². The Labute approximate surface area is 187 Å². The maximum atomic E-state index is 14.2. The van der Waals surface area contributed by atoms with E-state index in [1.165, 1.54) is 6.07 Å². The van der Waals surface area contributed by atoms with Crippen molar-refractivity contribution in [2.45, 2.75) is 32.0 Å². The lowest BCUT2D eigenvalue weighted by molar-refractivity contribution is -0.139. The summed E-state index contributed by atoms with van der Waals surface area (Å²) in [7, 11) is 1.59. The van der Waals surface area contributed by atoms with Crippen LogP contribution in [0.1, 0.15) is 24.0 Å². The van der Waals surface area contributed by atoms with Crippen molar-refractivity contribution in [1.29, 1.82) is 0 Å². The molecule has 0 bridgehead atoms. The predicted octanol–water partition coefficient (Wildman–Crippen LogP) is 2.34. The van der Waals surface area contributed by atoms with Gasteiger partial charge in [-0.25, -0.2) is 4.39 Å². The van der Waals surface area contributed by atoms with Crippen molar-refractivity contribution in [3.8, 4) is 11.5 Å². The molecule has 0 aliphatic carbocycles. The van der Waals surface area contributed by atoms with Crippen LogP contribution in [-0.4, -0.2) is 61.0 Å². The highest BCUT2D eigenvalue weighted by atomic mass is 19.1. The molecule has 2 aromatic rings. The number of hydrogen-bond acceptors (Lipinski definition) is 5. The number of methoxy groups -OCH3 is 1. The molecular weight excluding hydrogens is 413 g/mol. The molecule has 170 valence electrons.